The van der Waals surface area contributed by atoms with Gasteiger partial charge >= 0.3 is 0 Å². The fourth-order valence-electron chi connectivity index (χ4n) is 2.02. The Kier molecular flexibility index (Phi) is 14.8. The molecule has 2 N–H and O–H groups in total. The van der Waals surface area contributed by atoms with Gasteiger partial charge in [0, 0.05) is 37.2 Å². The van der Waals surface area contributed by atoms with Gasteiger partial charge in [-0.2, -0.15) is 0 Å². The monoisotopic (exact) mass is 378 g/mol. The van der Waals surface area contributed by atoms with Crippen molar-refractivity contribution in [3.05, 3.63) is 35.4 Å². The smallest absolute Gasteiger partial charge is 0.108 e. The molecule has 0 aromatic heterocycles. The van der Waals surface area contributed by atoms with E-state index in [-0.39, 0.29) is 13.2 Å². The molecule has 0 fully saturated rings. The lowest BCUT2D eigenvalue weighted by Crippen LogP contribution is -1.95. The van der Waals surface area contributed by atoms with Crippen molar-refractivity contribution in [3.8, 4) is 47.4 Å². The first-order chi connectivity index (χ1) is 13.9. The quantitative estimate of drug-likeness (QED) is 0.536. The summed E-state index contributed by atoms with van der Waals surface area (Å²) in [5, 5.41) is 17.1. The van der Waals surface area contributed by atoms with Crippen molar-refractivity contribution in [2.24, 2.45) is 0 Å². The summed E-state index contributed by atoms with van der Waals surface area (Å²) in [7, 11) is 0. The Labute approximate surface area is 168 Å². The van der Waals surface area contributed by atoms with Gasteiger partial charge in [0.25, 0.3) is 0 Å². The van der Waals surface area contributed by atoms with E-state index in [0.29, 0.717) is 39.3 Å². The SMILES string of the molecule is OCC#CCCCOCC#Cc1ccccc1C#CCOCCCC#CCO. The van der Waals surface area contributed by atoms with Crippen molar-refractivity contribution in [1.29, 1.82) is 0 Å². The summed E-state index contributed by atoms with van der Waals surface area (Å²) in [5.74, 6) is 23.1. The maximum absolute atomic E-state index is 8.55. The Hall–Kier alpha value is -2.70. The molecule has 0 saturated carbocycles. The molecule has 0 aliphatic carbocycles. The van der Waals surface area contributed by atoms with Crippen molar-refractivity contribution in [1.82, 2.24) is 0 Å². The topological polar surface area (TPSA) is 58.9 Å². The molecule has 0 bridgehead atoms. The van der Waals surface area contributed by atoms with Gasteiger partial charge in [-0.25, -0.2) is 0 Å². The maximum atomic E-state index is 8.55. The molecule has 0 aliphatic heterocycles. The largest absolute Gasteiger partial charge is 0.384 e. The number of rotatable bonds is 8. The summed E-state index contributed by atoms with van der Waals surface area (Å²) in [5.41, 5.74) is 1.73. The highest BCUT2D eigenvalue weighted by molar-refractivity contribution is 5.50. The van der Waals surface area contributed by atoms with Gasteiger partial charge in [-0.15, -0.1) is 11.8 Å². The Morgan fingerprint density at radius 1 is 0.643 bits per heavy atom. The molecule has 146 valence electrons. The Balaban J connectivity index is 2.33. The summed E-state index contributed by atoms with van der Waals surface area (Å²) < 4.78 is 10.9. The van der Waals surface area contributed by atoms with Crippen LogP contribution in [0.15, 0.2) is 24.3 Å². The van der Waals surface area contributed by atoms with E-state index in [9.17, 15) is 0 Å². The van der Waals surface area contributed by atoms with Gasteiger partial charge in [-0.05, 0) is 25.0 Å². The number of aliphatic hydroxyl groups is 2. The van der Waals surface area contributed by atoms with E-state index in [1.165, 1.54) is 0 Å². The molecule has 0 saturated heterocycles. The summed E-state index contributed by atoms with van der Waals surface area (Å²) in [4.78, 5) is 0. The molecule has 1 rings (SSSR count). The molecule has 1 aromatic rings. The van der Waals surface area contributed by atoms with Crippen LogP contribution in [0.1, 0.15) is 36.8 Å². The van der Waals surface area contributed by atoms with Crippen LogP contribution in [-0.4, -0.2) is 49.9 Å². The molecule has 1 aromatic carbocycles. The minimum atomic E-state index is -0.0959. The minimum absolute atomic E-state index is 0.0959. The predicted octanol–water partition coefficient (Wildman–Crippen LogP) is 1.97. The van der Waals surface area contributed by atoms with Crippen LogP contribution in [0.5, 0.6) is 0 Å². The predicted molar refractivity (Wildman–Crippen MR) is 110 cm³/mol. The van der Waals surface area contributed by atoms with Crippen molar-refractivity contribution in [2.75, 3.05) is 39.6 Å². The van der Waals surface area contributed by atoms with Crippen LogP contribution in [0.4, 0.5) is 0 Å². The first kappa shape index (κ1) is 23.3. The average molecular weight is 378 g/mol. The van der Waals surface area contributed by atoms with Gasteiger partial charge in [0.05, 0.1) is 0 Å². The zero-order valence-corrected chi connectivity index (χ0v) is 16.1. The van der Waals surface area contributed by atoms with Gasteiger partial charge in [-0.3, -0.25) is 0 Å². The third-order valence-electron chi connectivity index (χ3n) is 3.31. The van der Waals surface area contributed by atoms with E-state index in [4.69, 9.17) is 19.7 Å². The lowest BCUT2D eigenvalue weighted by molar-refractivity contribution is 0.165. The van der Waals surface area contributed by atoms with Gasteiger partial charge < -0.3 is 19.7 Å². The zero-order chi connectivity index (χ0) is 20.1. The molecule has 0 radical (unpaired) electrons. The molecule has 0 amide bonds. The van der Waals surface area contributed by atoms with Crippen LogP contribution in [0.2, 0.25) is 0 Å². The number of hydrogen-bond acceptors (Lipinski definition) is 4. The summed E-state index contributed by atoms with van der Waals surface area (Å²) in [6.45, 7) is 1.72. The number of hydrogen-bond donors (Lipinski definition) is 2. The zero-order valence-electron chi connectivity index (χ0n) is 16.1. The van der Waals surface area contributed by atoms with E-state index in [1.54, 1.807) is 0 Å². The van der Waals surface area contributed by atoms with E-state index < -0.39 is 0 Å². The highest BCUT2D eigenvalue weighted by Gasteiger charge is 1.94. The Morgan fingerprint density at radius 2 is 1.11 bits per heavy atom. The molecule has 0 unspecified atom stereocenters. The van der Waals surface area contributed by atoms with Crippen LogP contribution in [0, 0.1) is 47.4 Å². The van der Waals surface area contributed by atoms with Gasteiger partial charge in [0.1, 0.15) is 26.4 Å². The van der Waals surface area contributed by atoms with Crippen molar-refractivity contribution in [2.45, 2.75) is 25.7 Å². The highest BCUT2D eigenvalue weighted by Crippen LogP contribution is 2.05. The highest BCUT2D eigenvalue weighted by atomic mass is 16.5. The fourth-order valence-corrected chi connectivity index (χ4v) is 2.02. The number of aliphatic hydroxyl groups excluding tert-OH is 2. The van der Waals surface area contributed by atoms with Crippen LogP contribution in [0.3, 0.4) is 0 Å². The second kappa shape index (κ2) is 17.7. The molecule has 0 heterocycles. The first-order valence-electron chi connectivity index (χ1n) is 9.24. The van der Waals surface area contributed by atoms with Crippen LogP contribution < -0.4 is 0 Å². The third-order valence-corrected chi connectivity index (χ3v) is 3.31. The van der Waals surface area contributed by atoms with Crippen molar-refractivity contribution >= 4 is 0 Å². The van der Waals surface area contributed by atoms with E-state index in [0.717, 1.165) is 24.0 Å². The average Bonchev–Trinajstić information content (AvgIpc) is 2.72. The van der Waals surface area contributed by atoms with Crippen LogP contribution in [-0.2, 0) is 9.47 Å². The van der Waals surface area contributed by atoms with E-state index in [2.05, 4.69) is 47.4 Å². The third kappa shape index (κ3) is 12.6. The maximum Gasteiger partial charge on any atom is 0.108 e. The molecular formula is C24H26O4. The van der Waals surface area contributed by atoms with Crippen molar-refractivity contribution < 1.29 is 19.7 Å². The number of ether oxygens (including phenoxy) is 2. The summed E-state index contributed by atoms with van der Waals surface area (Å²) >= 11 is 0. The summed E-state index contributed by atoms with van der Waals surface area (Å²) in [6, 6.07) is 7.73. The number of unbranched alkanes of at least 4 members (excludes halogenated alkanes) is 2. The molecule has 0 aliphatic rings. The molecule has 0 atom stereocenters. The normalized spacial score (nSPS) is 8.93. The lowest BCUT2D eigenvalue weighted by atomic mass is 10.1. The minimum Gasteiger partial charge on any atom is -0.384 e. The molecule has 0 spiro atoms. The van der Waals surface area contributed by atoms with Gasteiger partial charge in [0.15, 0.2) is 0 Å². The van der Waals surface area contributed by atoms with Crippen molar-refractivity contribution in [3.63, 3.8) is 0 Å². The molecule has 4 nitrogen and oxygen atoms in total. The van der Waals surface area contributed by atoms with Gasteiger partial charge in [0.2, 0.25) is 0 Å². The fraction of sp³-hybridized carbons (Fsp3) is 0.417. The lowest BCUT2D eigenvalue weighted by Gasteiger charge is -1.98. The molecular weight excluding hydrogens is 352 g/mol. The van der Waals surface area contributed by atoms with Gasteiger partial charge in [-0.1, -0.05) is 47.7 Å². The summed E-state index contributed by atoms with van der Waals surface area (Å²) in [6.07, 6.45) is 3.07. The van der Waals surface area contributed by atoms with Crippen LogP contribution in [0.25, 0.3) is 0 Å². The first-order valence-corrected chi connectivity index (χ1v) is 9.24. The van der Waals surface area contributed by atoms with E-state index in [1.807, 2.05) is 24.3 Å². The Bertz CT molecular complexity index is 729. The standard InChI is InChI=1S/C24H26O4/c25-17-7-1-3-9-19-27-21-11-15-23-13-5-6-14-24(23)16-12-22-28-20-10-4-2-8-18-26/h5-6,13-14,25-26H,3-4,9-10,17-22H2. The van der Waals surface area contributed by atoms with Crippen LogP contribution >= 0.6 is 0 Å². The second-order valence-electron chi connectivity index (χ2n) is 5.48. The van der Waals surface area contributed by atoms with E-state index >= 15 is 0 Å². The number of benzene rings is 1. The molecule has 28 heavy (non-hydrogen) atoms. The molecule has 4 heteroatoms. The Morgan fingerprint density at radius 3 is 1.54 bits per heavy atom. The second-order valence-corrected chi connectivity index (χ2v) is 5.48.